The molecule has 1 aromatic heterocycles. The van der Waals surface area contributed by atoms with E-state index < -0.39 is 24.4 Å². The van der Waals surface area contributed by atoms with Gasteiger partial charge in [0, 0.05) is 54.4 Å². The Hall–Kier alpha value is -4.17. The Kier molecular flexibility index (Phi) is 13.6. The summed E-state index contributed by atoms with van der Waals surface area (Å²) < 4.78 is 70.5. The van der Waals surface area contributed by atoms with Crippen molar-refractivity contribution < 1.29 is 26.7 Å². The summed E-state index contributed by atoms with van der Waals surface area (Å²) in [4.78, 5) is 8.49. The van der Waals surface area contributed by atoms with Crippen molar-refractivity contribution in [3.63, 3.8) is 0 Å². The van der Waals surface area contributed by atoms with Crippen molar-refractivity contribution >= 4 is 11.9 Å². The monoisotopic (exact) mass is 616 g/mol. The van der Waals surface area contributed by atoms with Crippen molar-refractivity contribution in [2.75, 3.05) is 25.9 Å². The third-order valence-corrected chi connectivity index (χ3v) is 6.70. The highest BCUT2D eigenvalue weighted by Crippen LogP contribution is 2.44. The number of nitrogens with two attached hydrogens (primary N) is 1. The predicted molar refractivity (Wildman–Crippen MR) is 168 cm³/mol. The first-order valence-corrected chi connectivity index (χ1v) is 14.4. The maximum atomic E-state index is 13.8. The second kappa shape index (κ2) is 16.6. The minimum Gasteiger partial charge on any atom is -0.482 e. The van der Waals surface area contributed by atoms with Crippen LogP contribution < -0.4 is 15.8 Å². The number of nitrogen functional groups attached to an aromatic ring is 1. The predicted octanol–water partition coefficient (Wildman–Crippen LogP) is 8.62. The molecule has 10 heteroatoms. The number of rotatable bonds is 9. The van der Waals surface area contributed by atoms with Gasteiger partial charge in [-0.05, 0) is 81.0 Å². The van der Waals surface area contributed by atoms with Crippen molar-refractivity contribution in [3.05, 3.63) is 94.5 Å². The molecule has 1 atom stereocenters. The van der Waals surface area contributed by atoms with Crippen LogP contribution in [0.15, 0.2) is 59.9 Å². The van der Waals surface area contributed by atoms with Crippen LogP contribution in [0.4, 0.5) is 27.6 Å². The normalized spacial score (nSPS) is 13.2. The number of anilines is 1. The molecular weight excluding hydrogens is 575 g/mol. The lowest BCUT2D eigenvalue weighted by atomic mass is 9.96. The van der Waals surface area contributed by atoms with Gasteiger partial charge < -0.3 is 15.8 Å². The van der Waals surface area contributed by atoms with Crippen LogP contribution >= 0.6 is 0 Å². The molecule has 1 fully saturated rings. The fraction of sp³-hybridized carbons (Fsp3) is 0.382. The average molecular weight is 617 g/mol. The van der Waals surface area contributed by atoms with Gasteiger partial charge in [0.05, 0.1) is 0 Å². The number of aliphatic imine (C=N–C) groups is 1. The summed E-state index contributed by atoms with van der Waals surface area (Å²) in [7, 11) is 1.75. The molecule has 5 nitrogen and oxygen atoms in total. The maximum absolute atomic E-state index is 13.8. The summed E-state index contributed by atoms with van der Waals surface area (Å²) in [6.07, 6.45) is 0.845. The number of nitrogens with zero attached hydrogens (tertiary/aromatic N) is 2. The van der Waals surface area contributed by atoms with E-state index in [-0.39, 0.29) is 22.9 Å². The van der Waals surface area contributed by atoms with E-state index in [0.29, 0.717) is 23.7 Å². The number of benzene rings is 2. The Labute approximate surface area is 256 Å². The number of aromatic nitrogens is 1. The van der Waals surface area contributed by atoms with E-state index >= 15 is 0 Å². The Morgan fingerprint density at radius 2 is 1.77 bits per heavy atom. The summed E-state index contributed by atoms with van der Waals surface area (Å²) in [6.45, 7) is 12.2. The second-order valence-corrected chi connectivity index (χ2v) is 10.2. The molecule has 1 saturated carbocycles. The SMILES string of the molecule is C=C=CNCC(c1cc(C)c(OCC(F)(F)F)c(-c2ccc(F)c(F)c2)n1)C1CC1.CC.CN=Cc1cc(C)cc(C)c1N. The van der Waals surface area contributed by atoms with Crippen LogP contribution in [0.3, 0.4) is 0 Å². The molecule has 2 aromatic carbocycles. The van der Waals surface area contributed by atoms with Gasteiger partial charge in [-0.15, -0.1) is 5.73 Å². The quantitative estimate of drug-likeness (QED) is 0.109. The van der Waals surface area contributed by atoms with Crippen LogP contribution in [0.5, 0.6) is 5.75 Å². The highest BCUT2D eigenvalue weighted by atomic mass is 19.4. The van der Waals surface area contributed by atoms with Gasteiger partial charge in [-0.1, -0.05) is 32.1 Å². The lowest BCUT2D eigenvalue weighted by Crippen LogP contribution is -2.21. The number of pyridine rings is 1. The number of hydrogen-bond acceptors (Lipinski definition) is 5. The standard InChI is InChI=1S/C22H21F5N2O.C10H14N2.C2H6/c1-3-8-28-11-16(14-4-5-14)19-9-13(2)21(30-12-22(25,26)27)20(29-19)15-6-7-17(23)18(24)10-15;1-7-4-8(2)10(11)9(5-7)6-12-3;1-2/h6-10,14,16,28H,1,4-5,11-12H2,2H3;4-6H,11H2,1-3H3;1-2H3. The lowest BCUT2D eigenvalue weighted by Gasteiger charge is -2.21. The zero-order chi connectivity index (χ0) is 33.0. The van der Waals surface area contributed by atoms with Crippen LogP contribution in [0.2, 0.25) is 0 Å². The summed E-state index contributed by atoms with van der Waals surface area (Å²) in [5.74, 6) is -1.90. The molecule has 0 amide bonds. The first kappa shape index (κ1) is 36.0. The molecule has 3 N–H and O–H groups in total. The molecule has 44 heavy (non-hydrogen) atoms. The highest BCUT2D eigenvalue weighted by Gasteiger charge is 2.34. The van der Waals surface area contributed by atoms with Crippen molar-refractivity contribution in [1.82, 2.24) is 10.3 Å². The molecule has 4 rings (SSSR count). The Balaban J connectivity index is 0.000000403. The van der Waals surface area contributed by atoms with Crippen LogP contribution in [0.1, 0.15) is 60.6 Å². The number of alkyl halides is 3. The molecule has 0 bridgehead atoms. The number of hydrogen-bond donors (Lipinski definition) is 2. The number of ether oxygens (including phenoxy) is 1. The third kappa shape index (κ3) is 10.5. The third-order valence-electron chi connectivity index (χ3n) is 6.70. The first-order chi connectivity index (χ1) is 20.8. The van der Waals surface area contributed by atoms with Gasteiger partial charge in [0.1, 0.15) is 11.4 Å². The minimum atomic E-state index is -4.55. The molecule has 238 valence electrons. The Bertz CT molecular complexity index is 1480. The van der Waals surface area contributed by atoms with E-state index in [2.05, 4.69) is 40.6 Å². The molecule has 3 aromatic rings. The smallest absolute Gasteiger partial charge is 0.422 e. The van der Waals surface area contributed by atoms with Crippen LogP contribution in [0, 0.1) is 38.3 Å². The van der Waals surface area contributed by atoms with Crippen LogP contribution in [-0.2, 0) is 0 Å². The Morgan fingerprint density at radius 3 is 2.34 bits per heavy atom. The number of halogens is 5. The van der Waals surface area contributed by atoms with Crippen LogP contribution in [-0.4, -0.2) is 37.6 Å². The first-order valence-electron chi connectivity index (χ1n) is 14.4. The second-order valence-electron chi connectivity index (χ2n) is 10.2. The summed E-state index contributed by atoms with van der Waals surface area (Å²) in [5, 5.41) is 3.08. The van der Waals surface area contributed by atoms with E-state index in [1.54, 1.807) is 32.5 Å². The summed E-state index contributed by atoms with van der Waals surface area (Å²) >= 11 is 0. The molecule has 0 spiro atoms. The minimum absolute atomic E-state index is 0.00554. The van der Waals surface area contributed by atoms with E-state index in [1.807, 2.05) is 26.8 Å². The van der Waals surface area contributed by atoms with Gasteiger partial charge in [-0.3, -0.25) is 4.99 Å². The summed E-state index contributed by atoms with van der Waals surface area (Å²) in [6, 6.07) is 8.90. The lowest BCUT2D eigenvalue weighted by molar-refractivity contribution is -0.153. The fourth-order valence-corrected chi connectivity index (χ4v) is 4.58. The Morgan fingerprint density at radius 1 is 1.09 bits per heavy atom. The van der Waals surface area contributed by atoms with Gasteiger partial charge >= 0.3 is 6.18 Å². The van der Waals surface area contributed by atoms with Gasteiger partial charge in [-0.2, -0.15) is 13.2 Å². The van der Waals surface area contributed by atoms with Crippen molar-refractivity contribution in [2.24, 2.45) is 10.9 Å². The van der Waals surface area contributed by atoms with Gasteiger partial charge in [0.2, 0.25) is 0 Å². The van der Waals surface area contributed by atoms with E-state index in [0.717, 1.165) is 41.8 Å². The highest BCUT2D eigenvalue weighted by molar-refractivity contribution is 5.88. The molecule has 1 aliphatic rings. The van der Waals surface area contributed by atoms with Gasteiger partial charge in [-0.25, -0.2) is 13.8 Å². The molecule has 1 unspecified atom stereocenters. The maximum Gasteiger partial charge on any atom is 0.422 e. The molecule has 1 heterocycles. The average Bonchev–Trinajstić information content (AvgIpc) is 3.81. The molecule has 0 aliphatic heterocycles. The molecule has 1 aliphatic carbocycles. The zero-order valence-corrected chi connectivity index (χ0v) is 26.1. The van der Waals surface area contributed by atoms with Crippen molar-refractivity contribution in [2.45, 2.75) is 59.6 Å². The molecule has 0 radical (unpaired) electrons. The fourth-order valence-electron chi connectivity index (χ4n) is 4.58. The molecular formula is C34H41F5N4O. The largest absolute Gasteiger partial charge is 0.482 e. The van der Waals surface area contributed by atoms with E-state index in [4.69, 9.17) is 10.5 Å². The van der Waals surface area contributed by atoms with E-state index in [9.17, 15) is 22.0 Å². The van der Waals surface area contributed by atoms with Crippen LogP contribution in [0.25, 0.3) is 11.3 Å². The van der Waals surface area contributed by atoms with Crippen molar-refractivity contribution in [3.8, 4) is 17.0 Å². The van der Waals surface area contributed by atoms with Gasteiger partial charge in [0.15, 0.2) is 18.2 Å². The zero-order valence-electron chi connectivity index (χ0n) is 26.1. The van der Waals surface area contributed by atoms with Gasteiger partial charge in [0.25, 0.3) is 0 Å². The van der Waals surface area contributed by atoms with Crippen molar-refractivity contribution in [1.29, 1.82) is 0 Å². The number of nitrogens with one attached hydrogen (secondary N) is 1. The molecule has 0 saturated heterocycles. The topological polar surface area (TPSA) is 72.5 Å². The number of aryl methyl sites for hydroxylation is 3. The van der Waals surface area contributed by atoms with E-state index in [1.165, 1.54) is 11.6 Å². The summed E-state index contributed by atoms with van der Waals surface area (Å²) in [5.41, 5.74) is 13.9.